The number of nitrogens with zero attached hydrogens (tertiary/aromatic N) is 2. The van der Waals surface area contributed by atoms with E-state index in [0.29, 0.717) is 40.8 Å². The van der Waals surface area contributed by atoms with Crippen molar-refractivity contribution in [2.24, 2.45) is 0 Å². The van der Waals surface area contributed by atoms with E-state index in [1.165, 1.54) is 10.6 Å². The first-order chi connectivity index (χ1) is 16.0. The number of anilines is 1. The summed E-state index contributed by atoms with van der Waals surface area (Å²) in [6.45, 7) is 1.26. The summed E-state index contributed by atoms with van der Waals surface area (Å²) in [4.78, 5) is 54.5. The van der Waals surface area contributed by atoms with Crippen LogP contribution in [-0.4, -0.2) is 39.4 Å². The Morgan fingerprint density at radius 3 is 2.61 bits per heavy atom. The molecule has 0 bridgehead atoms. The van der Waals surface area contributed by atoms with E-state index in [2.05, 4.69) is 10.3 Å². The molecule has 0 radical (unpaired) electrons. The van der Waals surface area contributed by atoms with Crippen LogP contribution in [0.4, 0.5) is 5.69 Å². The Balaban J connectivity index is 1.45. The fourth-order valence-corrected chi connectivity index (χ4v) is 4.26. The molecule has 1 fully saturated rings. The summed E-state index contributed by atoms with van der Waals surface area (Å²) in [6, 6.07) is 13.1. The van der Waals surface area contributed by atoms with Crippen LogP contribution >= 0.6 is 0 Å². The molecule has 9 heteroatoms. The Morgan fingerprint density at radius 1 is 1.00 bits per heavy atom. The number of likely N-dealkylation sites (tertiary alicyclic amines) is 1. The summed E-state index contributed by atoms with van der Waals surface area (Å²) in [5, 5.41) is 3.39. The van der Waals surface area contributed by atoms with Gasteiger partial charge in [-0.2, -0.15) is 0 Å². The van der Waals surface area contributed by atoms with Crippen LogP contribution in [0.5, 0.6) is 0 Å². The summed E-state index contributed by atoms with van der Waals surface area (Å²) in [7, 11) is 0. The summed E-state index contributed by atoms with van der Waals surface area (Å²) >= 11 is 0. The molecule has 4 aromatic rings. The number of hydrogen-bond donors (Lipinski definition) is 2. The van der Waals surface area contributed by atoms with Crippen LogP contribution < -0.4 is 16.6 Å². The molecule has 1 saturated heterocycles. The van der Waals surface area contributed by atoms with Crippen molar-refractivity contribution in [2.75, 3.05) is 18.4 Å². The molecule has 1 aliphatic rings. The maximum Gasteiger partial charge on any atom is 0.420 e. The zero-order valence-corrected chi connectivity index (χ0v) is 17.8. The molecule has 1 aliphatic heterocycles. The zero-order chi connectivity index (χ0) is 22.9. The lowest BCUT2D eigenvalue weighted by molar-refractivity contribution is -0.132. The average Bonchev–Trinajstić information content (AvgIpc) is 3.13. The summed E-state index contributed by atoms with van der Waals surface area (Å²) in [5.74, 6) is -1.22. The van der Waals surface area contributed by atoms with Crippen LogP contribution in [-0.2, 0) is 11.3 Å². The van der Waals surface area contributed by atoms with E-state index in [4.69, 9.17) is 4.42 Å². The highest BCUT2D eigenvalue weighted by atomic mass is 16.4. The molecule has 2 aromatic carbocycles. The molecule has 2 aromatic heterocycles. The standard InChI is InChI=1S/C24H22N4O5/c29-21-13-17(16-6-2-3-7-18(16)26-21)23(31)25-15-8-9-20-19(12-15)28(24(32)33-20)14-22(30)27-10-4-1-5-11-27/h2-3,6-9,12-13H,1,4-5,10-11,14H2,(H,25,31)(H,26,29). The number of fused-ring (bicyclic) bond motifs is 2. The third-order valence-corrected chi connectivity index (χ3v) is 5.92. The normalized spacial score (nSPS) is 14.0. The lowest BCUT2D eigenvalue weighted by atomic mass is 10.1. The molecule has 0 atom stereocenters. The Morgan fingerprint density at radius 2 is 1.79 bits per heavy atom. The van der Waals surface area contributed by atoms with Gasteiger partial charge in [-0.15, -0.1) is 0 Å². The van der Waals surface area contributed by atoms with Gasteiger partial charge in [0.25, 0.3) is 5.91 Å². The number of hydrogen-bond acceptors (Lipinski definition) is 5. The highest BCUT2D eigenvalue weighted by Crippen LogP contribution is 2.21. The van der Waals surface area contributed by atoms with E-state index in [0.717, 1.165) is 19.3 Å². The van der Waals surface area contributed by atoms with Gasteiger partial charge in [0, 0.05) is 35.7 Å². The number of benzene rings is 2. The van der Waals surface area contributed by atoms with Gasteiger partial charge in [-0.1, -0.05) is 18.2 Å². The minimum atomic E-state index is -0.626. The van der Waals surface area contributed by atoms with Gasteiger partial charge < -0.3 is 19.6 Å². The van der Waals surface area contributed by atoms with Crippen molar-refractivity contribution < 1.29 is 14.0 Å². The van der Waals surface area contributed by atoms with Crippen LogP contribution in [0.3, 0.4) is 0 Å². The monoisotopic (exact) mass is 446 g/mol. The Labute approximate surface area is 187 Å². The number of piperidine rings is 1. The van der Waals surface area contributed by atoms with E-state index in [1.807, 2.05) is 0 Å². The van der Waals surface area contributed by atoms with Crippen LogP contribution in [0.1, 0.15) is 29.6 Å². The van der Waals surface area contributed by atoms with Crippen molar-refractivity contribution in [3.8, 4) is 0 Å². The first-order valence-corrected chi connectivity index (χ1v) is 10.8. The van der Waals surface area contributed by atoms with Crippen LogP contribution in [0.2, 0.25) is 0 Å². The van der Waals surface area contributed by atoms with E-state index in [9.17, 15) is 19.2 Å². The molecule has 5 rings (SSSR count). The van der Waals surface area contributed by atoms with Gasteiger partial charge >= 0.3 is 5.76 Å². The fraction of sp³-hybridized carbons (Fsp3) is 0.250. The third-order valence-electron chi connectivity index (χ3n) is 5.92. The quantitative estimate of drug-likeness (QED) is 0.500. The van der Waals surface area contributed by atoms with Crippen molar-refractivity contribution in [3.63, 3.8) is 0 Å². The number of aromatic nitrogens is 2. The first-order valence-electron chi connectivity index (χ1n) is 10.8. The van der Waals surface area contributed by atoms with Gasteiger partial charge in [0.1, 0.15) is 6.54 Å². The van der Waals surface area contributed by atoms with Gasteiger partial charge in [-0.05, 0) is 43.5 Å². The number of pyridine rings is 1. The number of para-hydroxylation sites is 1. The van der Waals surface area contributed by atoms with Gasteiger partial charge in [-0.3, -0.25) is 19.0 Å². The molecular weight excluding hydrogens is 424 g/mol. The summed E-state index contributed by atoms with van der Waals surface area (Å²) < 4.78 is 6.57. The summed E-state index contributed by atoms with van der Waals surface area (Å²) in [6.07, 6.45) is 3.02. The van der Waals surface area contributed by atoms with Gasteiger partial charge in [0.05, 0.1) is 11.1 Å². The Hall–Kier alpha value is -4.14. The van der Waals surface area contributed by atoms with E-state index >= 15 is 0 Å². The van der Waals surface area contributed by atoms with Crippen molar-refractivity contribution >= 4 is 39.5 Å². The second kappa shape index (κ2) is 8.42. The number of aromatic amines is 1. The minimum absolute atomic E-state index is 0.123. The molecular formula is C24H22N4O5. The van der Waals surface area contributed by atoms with Gasteiger partial charge in [0.2, 0.25) is 11.5 Å². The van der Waals surface area contributed by atoms with Crippen LogP contribution in [0.15, 0.2) is 62.5 Å². The second-order valence-corrected chi connectivity index (χ2v) is 8.13. The number of H-pyrrole nitrogens is 1. The molecule has 3 heterocycles. The van der Waals surface area contributed by atoms with Crippen LogP contribution in [0.25, 0.3) is 22.0 Å². The van der Waals surface area contributed by atoms with Crippen molar-refractivity contribution in [2.45, 2.75) is 25.8 Å². The number of nitrogens with one attached hydrogen (secondary N) is 2. The molecule has 168 valence electrons. The van der Waals surface area contributed by atoms with Crippen LogP contribution in [0, 0.1) is 0 Å². The van der Waals surface area contributed by atoms with Gasteiger partial charge in [0.15, 0.2) is 5.58 Å². The predicted octanol–water partition coefficient (Wildman–Crippen LogP) is 2.70. The number of amides is 2. The summed E-state index contributed by atoms with van der Waals surface area (Å²) in [5.41, 5.74) is 1.57. The van der Waals surface area contributed by atoms with E-state index in [1.54, 1.807) is 47.4 Å². The minimum Gasteiger partial charge on any atom is -0.408 e. The lowest BCUT2D eigenvalue weighted by Crippen LogP contribution is -2.39. The van der Waals surface area contributed by atoms with Crippen molar-refractivity contribution in [1.29, 1.82) is 0 Å². The fourth-order valence-electron chi connectivity index (χ4n) is 4.26. The van der Waals surface area contributed by atoms with Gasteiger partial charge in [-0.25, -0.2) is 4.79 Å². The van der Waals surface area contributed by atoms with Crippen molar-refractivity contribution in [1.82, 2.24) is 14.5 Å². The van der Waals surface area contributed by atoms with E-state index in [-0.39, 0.29) is 23.6 Å². The predicted molar refractivity (Wildman–Crippen MR) is 123 cm³/mol. The Kier molecular flexibility index (Phi) is 5.29. The molecule has 0 spiro atoms. The highest BCUT2D eigenvalue weighted by Gasteiger charge is 2.20. The Bertz CT molecular complexity index is 1490. The van der Waals surface area contributed by atoms with Crippen molar-refractivity contribution in [3.05, 3.63) is 75.0 Å². The molecule has 9 nitrogen and oxygen atoms in total. The molecule has 0 unspecified atom stereocenters. The maximum absolute atomic E-state index is 13.0. The average molecular weight is 446 g/mol. The number of rotatable bonds is 4. The highest BCUT2D eigenvalue weighted by molar-refractivity contribution is 6.12. The lowest BCUT2D eigenvalue weighted by Gasteiger charge is -2.26. The smallest absolute Gasteiger partial charge is 0.408 e. The maximum atomic E-state index is 13.0. The third kappa shape index (κ3) is 4.05. The molecule has 33 heavy (non-hydrogen) atoms. The molecule has 0 aliphatic carbocycles. The number of carbonyl (C=O) groups excluding carboxylic acids is 2. The topological polar surface area (TPSA) is 117 Å². The zero-order valence-electron chi connectivity index (χ0n) is 17.8. The first kappa shape index (κ1) is 20.7. The van der Waals surface area contributed by atoms with E-state index < -0.39 is 11.7 Å². The second-order valence-electron chi connectivity index (χ2n) is 8.13. The largest absolute Gasteiger partial charge is 0.420 e. The number of carbonyl (C=O) groups is 2. The molecule has 0 saturated carbocycles. The SMILES string of the molecule is O=C(Nc1ccc2oc(=O)n(CC(=O)N3CCCCC3)c2c1)c1cc(=O)[nH]c2ccccc12. The molecule has 2 amide bonds. The number of oxazole rings is 1. The molecule has 2 N–H and O–H groups in total.